The lowest BCUT2D eigenvalue weighted by Gasteiger charge is -2.08. The molecule has 0 aliphatic heterocycles. The van der Waals surface area contributed by atoms with Crippen LogP contribution >= 0.6 is 0 Å². The smallest absolute Gasteiger partial charge is 0.256 e. The predicted molar refractivity (Wildman–Crippen MR) is 97.3 cm³/mol. The number of benzene rings is 1. The minimum absolute atomic E-state index is 0.167. The second-order valence-electron chi connectivity index (χ2n) is 5.81. The van der Waals surface area contributed by atoms with Gasteiger partial charge in [0.1, 0.15) is 12.1 Å². The Labute approximate surface area is 150 Å². The van der Waals surface area contributed by atoms with Gasteiger partial charge in [-0.25, -0.2) is 14.6 Å². The molecule has 132 valence electrons. The fourth-order valence-electron chi connectivity index (χ4n) is 2.49. The van der Waals surface area contributed by atoms with Gasteiger partial charge in [-0.3, -0.25) is 9.59 Å². The highest BCUT2D eigenvalue weighted by molar-refractivity contribution is 6.04. The second-order valence-corrected chi connectivity index (χ2v) is 5.81. The quantitative estimate of drug-likeness (QED) is 0.753. The highest BCUT2D eigenvalue weighted by atomic mass is 16.2. The molecule has 0 unspecified atom stereocenters. The van der Waals surface area contributed by atoms with E-state index in [-0.39, 0.29) is 11.8 Å². The average molecular weight is 350 g/mol. The third-order valence-electron chi connectivity index (χ3n) is 3.59. The summed E-state index contributed by atoms with van der Waals surface area (Å²) >= 11 is 0. The summed E-state index contributed by atoms with van der Waals surface area (Å²) in [6.07, 6.45) is 1.38. The van der Waals surface area contributed by atoms with Crippen LogP contribution in [0, 0.1) is 13.8 Å². The fourth-order valence-corrected chi connectivity index (χ4v) is 2.49. The molecule has 0 saturated carbocycles. The van der Waals surface area contributed by atoms with Gasteiger partial charge in [0.2, 0.25) is 5.91 Å². The lowest BCUT2D eigenvalue weighted by Crippen LogP contribution is -2.14. The molecule has 1 aromatic carbocycles. The SMILES string of the molecule is CC(=O)Nc1ccc(C(=O)Nc2cc(-n3nc(C)cc3C)ncn2)cc1. The third-order valence-corrected chi connectivity index (χ3v) is 3.59. The summed E-state index contributed by atoms with van der Waals surface area (Å²) in [7, 11) is 0. The molecule has 8 nitrogen and oxygen atoms in total. The molecule has 0 radical (unpaired) electrons. The maximum absolute atomic E-state index is 12.4. The maximum atomic E-state index is 12.4. The van der Waals surface area contributed by atoms with E-state index in [1.54, 1.807) is 35.0 Å². The highest BCUT2D eigenvalue weighted by Gasteiger charge is 2.10. The minimum atomic E-state index is -0.308. The van der Waals surface area contributed by atoms with Crippen LogP contribution in [0.5, 0.6) is 0 Å². The van der Waals surface area contributed by atoms with E-state index in [0.717, 1.165) is 11.4 Å². The van der Waals surface area contributed by atoms with Crippen molar-refractivity contribution in [2.45, 2.75) is 20.8 Å². The van der Waals surface area contributed by atoms with Crippen molar-refractivity contribution >= 4 is 23.3 Å². The summed E-state index contributed by atoms with van der Waals surface area (Å²) in [5, 5.41) is 9.76. The summed E-state index contributed by atoms with van der Waals surface area (Å²) in [6.45, 7) is 5.26. The number of nitrogens with one attached hydrogen (secondary N) is 2. The van der Waals surface area contributed by atoms with Crippen molar-refractivity contribution in [3.8, 4) is 5.82 Å². The Morgan fingerprint density at radius 3 is 2.35 bits per heavy atom. The molecule has 0 fully saturated rings. The molecule has 3 rings (SSSR count). The molecular weight excluding hydrogens is 332 g/mol. The Morgan fingerprint density at radius 2 is 1.73 bits per heavy atom. The summed E-state index contributed by atoms with van der Waals surface area (Å²) in [4.78, 5) is 31.7. The minimum Gasteiger partial charge on any atom is -0.326 e. The zero-order chi connectivity index (χ0) is 18.7. The number of hydrogen-bond donors (Lipinski definition) is 2. The molecule has 0 atom stereocenters. The average Bonchev–Trinajstić information content (AvgIpc) is 2.93. The molecule has 0 saturated heterocycles. The molecule has 0 bridgehead atoms. The molecule has 3 aromatic rings. The fraction of sp³-hybridized carbons (Fsp3) is 0.167. The van der Waals surface area contributed by atoms with Crippen LogP contribution in [0.15, 0.2) is 42.7 Å². The van der Waals surface area contributed by atoms with Crippen molar-refractivity contribution in [2.75, 3.05) is 10.6 Å². The summed E-state index contributed by atoms with van der Waals surface area (Å²) in [6, 6.07) is 10.2. The first-order valence-electron chi connectivity index (χ1n) is 7.97. The van der Waals surface area contributed by atoms with Gasteiger partial charge in [0.15, 0.2) is 5.82 Å². The van der Waals surface area contributed by atoms with Crippen LogP contribution in [0.1, 0.15) is 28.7 Å². The topological polar surface area (TPSA) is 102 Å². The molecule has 2 N–H and O–H groups in total. The molecule has 0 spiro atoms. The van der Waals surface area contributed by atoms with Crippen molar-refractivity contribution in [1.82, 2.24) is 19.7 Å². The van der Waals surface area contributed by atoms with Gasteiger partial charge in [-0.15, -0.1) is 0 Å². The van der Waals surface area contributed by atoms with Crippen molar-refractivity contribution in [1.29, 1.82) is 0 Å². The van der Waals surface area contributed by atoms with Crippen LogP contribution in [0.3, 0.4) is 0 Å². The number of carbonyl (C=O) groups is 2. The Morgan fingerprint density at radius 1 is 1.00 bits per heavy atom. The van der Waals surface area contributed by atoms with Crippen molar-refractivity contribution < 1.29 is 9.59 Å². The number of carbonyl (C=O) groups excluding carboxylic acids is 2. The molecule has 2 heterocycles. The van der Waals surface area contributed by atoms with Crippen LogP contribution in [-0.4, -0.2) is 31.6 Å². The van der Waals surface area contributed by atoms with Crippen LogP contribution in [0.4, 0.5) is 11.5 Å². The number of amides is 2. The molecule has 0 aliphatic carbocycles. The van der Waals surface area contributed by atoms with Crippen LogP contribution in [-0.2, 0) is 4.79 Å². The van der Waals surface area contributed by atoms with Gasteiger partial charge in [0, 0.05) is 29.9 Å². The number of nitrogens with zero attached hydrogens (tertiary/aromatic N) is 4. The van der Waals surface area contributed by atoms with E-state index in [2.05, 4.69) is 25.7 Å². The first kappa shape index (κ1) is 17.3. The first-order valence-corrected chi connectivity index (χ1v) is 7.97. The second kappa shape index (κ2) is 7.14. The summed E-state index contributed by atoms with van der Waals surface area (Å²) in [5.41, 5.74) is 2.89. The number of aromatic nitrogens is 4. The Balaban J connectivity index is 1.76. The molecule has 26 heavy (non-hydrogen) atoms. The van der Waals surface area contributed by atoms with E-state index in [1.165, 1.54) is 13.3 Å². The predicted octanol–water partition coefficient (Wildman–Crippen LogP) is 2.49. The van der Waals surface area contributed by atoms with E-state index in [4.69, 9.17) is 0 Å². The van der Waals surface area contributed by atoms with E-state index in [0.29, 0.717) is 22.9 Å². The monoisotopic (exact) mass is 350 g/mol. The van der Waals surface area contributed by atoms with Gasteiger partial charge in [-0.1, -0.05) is 0 Å². The normalized spacial score (nSPS) is 10.4. The van der Waals surface area contributed by atoms with Gasteiger partial charge < -0.3 is 10.6 Å². The van der Waals surface area contributed by atoms with Gasteiger partial charge in [0.25, 0.3) is 5.91 Å². The zero-order valence-corrected chi connectivity index (χ0v) is 14.6. The van der Waals surface area contributed by atoms with Crippen molar-refractivity contribution in [2.24, 2.45) is 0 Å². The zero-order valence-electron chi connectivity index (χ0n) is 14.6. The van der Waals surface area contributed by atoms with Crippen LogP contribution in [0.25, 0.3) is 5.82 Å². The van der Waals surface area contributed by atoms with Crippen molar-refractivity contribution in [3.63, 3.8) is 0 Å². The summed E-state index contributed by atoms with van der Waals surface area (Å²) in [5.74, 6) is 0.470. The number of rotatable bonds is 4. The van der Waals surface area contributed by atoms with E-state index >= 15 is 0 Å². The Bertz CT molecular complexity index is 962. The number of hydrogen-bond acceptors (Lipinski definition) is 5. The molecular formula is C18H18N6O2. The van der Waals surface area contributed by atoms with Crippen LogP contribution in [0.2, 0.25) is 0 Å². The van der Waals surface area contributed by atoms with Gasteiger partial charge in [0.05, 0.1) is 5.69 Å². The van der Waals surface area contributed by atoms with Gasteiger partial charge >= 0.3 is 0 Å². The molecule has 2 amide bonds. The molecule has 0 aliphatic rings. The molecule has 2 aromatic heterocycles. The third kappa shape index (κ3) is 3.92. The molecule has 8 heteroatoms. The number of anilines is 2. The van der Waals surface area contributed by atoms with Gasteiger partial charge in [-0.2, -0.15) is 5.10 Å². The Hall–Kier alpha value is -3.55. The van der Waals surface area contributed by atoms with Crippen molar-refractivity contribution in [3.05, 3.63) is 59.7 Å². The van der Waals surface area contributed by atoms with E-state index in [1.807, 2.05) is 19.9 Å². The van der Waals surface area contributed by atoms with Crippen LogP contribution < -0.4 is 10.6 Å². The lowest BCUT2D eigenvalue weighted by atomic mass is 10.2. The number of aryl methyl sites for hydroxylation is 2. The lowest BCUT2D eigenvalue weighted by molar-refractivity contribution is -0.114. The summed E-state index contributed by atoms with van der Waals surface area (Å²) < 4.78 is 1.69. The maximum Gasteiger partial charge on any atom is 0.256 e. The highest BCUT2D eigenvalue weighted by Crippen LogP contribution is 2.14. The largest absolute Gasteiger partial charge is 0.326 e. The van der Waals surface area contributed by atoms with E-state index in [9.17, 15) is 9.59 Å². The Kier molecular flexibility index (Phi) is 4.74. The first-order chi connectivity index (χ1) is 12.4. The standard InChI is InChI=1S/C18H18N6O2/c1-11-8-12(2)24(23-11)17-9-16(19-10-20-17)22-18(26)14-4-6-15(7-5-14)21-13(3)25/h4-10H,1-3H3,(H,21,25)(H,19,20,22,26). The van der Waals surface area contributed by atoms with Gasteiger partial charge in [-0.05, 0) is 44.2 Å². The van der Waals surface area contributed by atoms with E-state index < -0.39 is 0 Å².